The van der Waals surface area contributed by atoms with Crippen molar-refractivity contribution in [3.63, 3.8) is 0 Å². The van der Waals surface area contributed by atoms with E-state index in [0.29, 0.717) is 30.5 Å². The molecule has 0 aromatic heterocycles. The highest BCUT2D eigenvalue weighted by Crippen LogP contribution is 2.34. The molecule has 1 unspecified atom stereocenters. The van der Waals surface area contributed by atoms with Crippen LogP contribution in [0.1, 0.15) is 56.3 Å². The molecule has 0 radical (unpaired) electrons. The minimum atomic E-state index is -3.78. The molecule has 2 aromatic carbocycles. The van der Waals surface area contributed by atoms with E-state index in [4.69, 9.17) is 14.2 Å². The van der Waals surface area contributed by atoms with Gasteiger partial charge in [0.2, 0.25) is 10.0 Å². The fourth-order valence-corrected chi connectivity index (χ4v) is 5.24. The first-order valence-corrected chi connectivity index (χ1v) is 12.0. The van der Waals surface area contributed by atoms with Gasteiger partial charge in [-0.3, -0.25) is 0 Å². The molecular weight excluding hydrogens is 402 g/mol. The number of ether oxygens (including phenoxy) is 3. The SMILES string of the molecule is CCOc1ccc(C(C)NS(=O)(=O)c2cc3c(cc2OC)CCCC3)cc1OCC. The average Bonchev–Trinajstić information content (AvgIpc) is 2.74. The Kier molecular flexibility index (Phi) is 7.26. The second kappa shape index (κ2) is 9.71. The number of sulfonamides is 1. The Labute approximate surface area is 179 Å². The second-order valence-electron chi connectivity index (χ2n) is 7.39. The molecule has 0 spiro atoms. The van der Waals surface area contributed by atoms with Crippen molar-refractivity contribution in [2.45, 2.75) is 57.4 Å². The molecule has 30 heavy (non-hydrogen) atoms. The maximum atomic E-state index is 13.2. The first-order valence-electron chi connectivity index (χ1n) is 10.5. The lowest BCUT2D eigenvalue weighted by Gasteiger charge is -2.21. The Hall–Kier alpha value is -2.25. The third-order valence-electron chi connectivity index (χ3n) is 5.32. The van der Waals surface area contributed by atoms with E-state index in [1.54, 1.807) is 6.07 Å². The summed E-state index contributed by atoms with van der Waals surface area (Å²) in [5.41, 5.74) is 3.06. The molecule has 7 heteroatoms. The van der Waals surface area contributed by atoms with Crippen molar-refractivity contribution in [2.75, 3.05) is 20.3 Å². The van der Waals surface area contributed by atoms with E-state index >= 15 is 0 Å². The smallest absolute Gasteiger partial charge is 0.244 e. The van der Waals surface area contributed by atoms with E-state index in [-0.39, 0.29) is 4.90 Å². The summed E-state index contributed by atoms with van der Waals surface area (Å²) in [5.74, 6) is 1.64. The molecule has 0 amide bonds. The van der Waals surface area contributed by atoms with Crippen LogP contribution in [-0.2, 0) is 22.9 Å². The third kappa shape index (κ3) is 4.90. The van der Waals surface area contributed by atoms with Gasteiger partial charge in [0, 0.05) is 6.04 Å². The van der Waals surface area contributed by atoms with Crippen LogP contribution in [0.25, 0.3) is 0 Å². The van der Waals surface area contributed by atoms with Gasteiger partial charge in [-0.05, 0) is 87.4 Å². The monoisotopic (exact) mass is 433 g/mol. The first kappa shape index (κ1) is 22.4. The Morgan fingerprint density at radius 2 is 1.57 bits per heavy atom. The molecular formula is C23H31NO5S. The molecule has 1 N–H and O–H groups in total. The Morgan fingerprint density at radius 3 is 2.20 bits per heavy atom. The number of rotatable bonds is 9. The normalized spacial score (nSPS) is 14.7. The summed E-state index contributed by atoms with van der Waals surface area (Å²) in [5, 5.41) is 0. The van der Waals surface area contributed by atoms with E-state index in [1.807, 2.05) is 45.0 Å². The van der Waals surface area contributed by atoms with Crippen LogP contribution >= 0.6 is 0 Å². The van der Waals surface area contributed by atoms with Crippen LogP contribution < -0.4 is 18.9 Å². The molecule has 0 fully saturated rings. The summed E-state index contributed by atoms with van der Waals surface area (Å²) in [7, 11) is -2.27. The standard InChI is InChI=1S/C23H31NO5S/c1-5-28-20-12-11-17(13-21(20)29-6-2)16(3)24-30(25,26)23-15-19-10-8-7-9-18(19)14-22(23)27-4/h11-16,24H,5-10H2,1-4H3. The van der Waals surface area contributed by atoms with Gasteiger partial charge < -0.3 is 14.2 Å². The van der Waals surface area contributed by atoms with Gasteiger partial charge in [0.05, 0.1) is 20.3 Å². The Balaban J connectivity index is 1.89. The molecule has 1 aliphatic carbocycles. The molecule has 0 saturated heterocycles. The van der Waals surface area contributed by atoms with Gasteiger partial charge in [0.1, 0.15) is 10.6 Å². The van der Waals surface area contributed by atoms with Gasteiger partial charge in [-0.15, -0.1) is 0 Å². The molecule has 0 aliphatic heterocycles. The van der Waals surface area contributed by atoms with Crippen LogP contribution in [0.3, 0.4) is 0 Å². The fourth-order valence-electron chi connectivity index (χ4n) is 3.81. The number of nitrogens with one attached hydrogen (secondary N) is 1. The van der Waals surface area contributed by atoms with Crippen LogP contribution in [0.15, 0.2) is 35.2 Å². The van der Waals surface area contributed by atoms with Crippen LogP contribution in [0.4, 0.5) is 0 Å². The highest BCUT2D eigenvalue weighted by molar-refractivity contribution is 7.89. The fraction of sp³-hybridized carbons (Fsp3) is 0.478. The number of benzene rings is 2. The van der Waals surface area contributed by atoms with Gasteiger partial charge in [0.15, 0.2) is 11.5 Å². The van der Waals surface area contributed by atoms with Crippen molar-refractivity contribution in [1.82, 2.24) is 4.72 Å². The van der Waals surface area contributed by atoms with E-state index in [2.05, 4.69) is 4.72 Å². The number of methoxy groups -OCH3 is 1. The zero-order valence-electron chi connectivity index (χ0n) is 18.2. The number of hydrogen-bond acceptors (Lipinski definition) is 5. The molecule has 0 heterocycles. The van der Waals surface area contributed by atoms with Crippen molar-refractivity contribution in [2.24, 2.45) is 0 Å². The summed E-state index contributed by atoms with van der Waals surface area (Å²) in [6, 6.07) is 8.68. The topological polar surface area (TPSA) is 73.9 Å². The lowest BCUT2D eigenvalue weighted by atomic mass is 9.92. The van der Waals surface area contributed by atoms with Gasteiger partial charge in [-0.25, -0.2) is 13.1 Å². The van der Waals surface area contributed by atoms with E-state index in [1.165, 1.54) is 12.7 Å². The molecule has 6 nitrogen and oxygen atoms in total. The average molecular weight is 434 g/mol. The maximum absolute atomic E-state index is 13.2. The lowest BCUT2D eigenvalue weighted by molar-refractivity contribution is 0.287. The molecule has 0 saturated carbocycles. The van der Waals surface area contributed by atoms with E-state index in [0.717, 1.165) is 36.8 Å². The van der Waals surface area contributed by atoms with Crippen molar-refractivity contribution in [3.05, 3.63) is 47.0 Å². The minimum Gasteiger partial charge on any atom is -0.495 e. The molecule has 2 aromatic rings. The summed E-state index contributed by atoms with van der Waals surface area (Å²) in [4.78, 5) is 0.188. The van der Waals surface area contributed by atoms with Crippen LogP contribution in [0, 0.1) is 0 Å². The molecule has 0 bridgehead atoms. The lowest BCUT2D eigenvalue weighted by Crippen LogP contribution is -2.27. The summed E-state index contributed by atoms with van der Waals surface area (Å²) in [6.07, 6.45) is 4.06. The van der Waals surface area contributed by atoms with Crippen LogP contribution in [-0.4, -0.2) is 28.7 Å². The zero-order chi connectivity index (χ0) is 21.7. The Morgan fingerprint density at radius 1 is 0.933 bits per heavy atom. The summed E-state index contributed by atoms with van der Waals surface area (Å²) >= 11 is 0. The maximum Gasteiger partial charge on any atom is 0.244 e. The van der Waals surface area contributed by atoms with E-state index in [9.17, 15) is 8.42 Å². The molecule has 3 rings (SSSR count). The van der Waals surface area contributed by atoms with Gasteiger partial charge in [0.25, 0.3) is 0 Å². The predicted molar refractivity (Wildman–Crippen MR) is 117 cm³/mol. The van der Waals surface area contributed by atoms with Gasteiger partial charge >= 0.3 is 0 Å². The van der Waals surface area contributed by atoms with Crippen molar-refractivity contribution < 1.29 is 22.6 Å². The van der Waals surface area contributed by atoms with E-state index < -0.39 is 16.1 Å². The number of aryl methyl sites for hydroxylation is 2. The van der Waals surface area contributed by atoms with Crippen molar-refractivity contribution >= 4 is 10.0 Å². The first-order chi connectivity index (χ1) is 14.4. The van der Waals surface area contributed by atoms with Crippen LogP contribution in [0.2, 0.25) is 0 Å². The highest BCUT2D eigenvalue weighted by Gasteiger charge is 2.25. The van der Waals surface area contributed by atoms with Crippen LogP contribution in [0.5, 0.6) is 17.2 Å². The number of hydrogen-bond donors (Lipinski definition) is 1. The molecule has 1 atom stereocenters. The second-order valence-corrected chi connectivity index (χ2v) is 9.08. The summed E-state index contributed by atoms with van der Waals surface area (Å²) in [6.45, 7) is 6.65. The molecule has 1 aliphatic rings. The predicted octanol–water partition coefficient (Wildman–Crippen LogP) is 4.41. The third-order valence-corrected chi connectivity index (χ3v) is 6.88. The quantitative estimate of drug-likeness (QED) is 0.634. The largest absolute Gasteiger partial charge is 0.495 e. The summed E-state index contributed by atoms with van der Waals surface area (Å²) < 4.78 is 45.9. The molecule has 164 valence electrons. The van der Waals surface area contributed by atoms with Gasteiger partial charge in [-0.2, -0.15) is 0 Å². The minimum absolute atomic E-state index is 0.188. The number of fused-ring (bicyclic) bond motifs is 1. The van der Waals surface area contributed by atoms with Crippen molar-refractivity contribution in [1.29, 1.82) is 0 Å². The zero-order valence-corrected chi connectivity index (χ0v) is 19.0. The van der Waals surface area contributed by atoms with Gasteiger partial charge in [-0.1, -0.05) is 6.07 Å². The Bertz CT molecular complexity index is 987. The van der Waals surface area contributed by atoms with Crippen molar-refractivity contribution in [3.8, 4) is 17.2 Å². The highest BCUT2D eigenvalue weighted by atomic mass is 32.2.